The van der Waals surface area contributed by atoms with Crippen molar-refractivity contribution in [3.8, 4) is 0 Å². The lowest BCUT2D eigenvalue weighted by molar-refractivity contribution is 0.373. The standard InChI is InChI=1S/C6H14O2SSi/c1-6(2,10-8-4)5(9)7-3/h10H2,1-4H3. The number of thiocarbonyl (C=S) groups is 1. The topological polar surface area (TPSA) is 18.5 Å². The van der Waals surface area contributed by atoms with E-state index in [0.717, 1.165) is 0 Å². The molecule has 10 heavy (non-hydrogen) atoms. The Kier molecular flexibility index (Phi) is 4.08. The van der Waals surface area contributed by atoms with Crippen LogP contribution in [0.2, 0.25) is 5.04 Å². The Balaban J connectivity index is 3.96. The highest BCUT2D eigenvalue weighted by molar-refractivity contribution is 7.80. The molecule has 0 fully saturated rings. The third kappa shape index (κ3) is 2.77. The minimum Gasteiger partial charge on any atom is -0.490 e. The van der Waals surface area contributed by atoms with E-state index in [4.69, 9.17) is 21.4 Å². The maximum atomic E-state index is 5.10. The molecule has 0 atom stereocenters. The van der Waals surface area contributed by atoms with E-state index in [-0.39, 0.29) is 5.04 Å². The Labute approximate surface area is 69.8 Å². The molecule has 0 N–H and O–H groups in total. The second kappa shape index (κ2) is 4.05. The van der Waals surface area contributed by atoms with Crippen LogP contribution in [-0.4, -0.2) is 29.0 Å². The molecular formula is C6H14O2SSi. The van der Waals surface area contributed by atoms with Gasteiger partial charge in [-0.1, -0.05) is 13.8 Å². The van der Waals surface area contributed by atoms with Gasteiger partial charge in [0.05, 0.1) is 7.11 Å². The molecule has 60 valence electrons. The van der Waals surface area contributed by atoms with Gasteiger partial charge in [-0.2, -0.15) is 0 Å². The van der Waals surface area contributed by atoms with Crippen LogP contribution < -0.4 is 0 Å². The SMILES string of the molecule is CO[SiH2]C(C)(C)C(=S)OC. The summed E-state index contributed by atoms with van der Waals surface area (Å²) >= 11 is 4.99. The van der Waals surface area contributed by atoms with Crippen molar-refractivity contribution in [1.82, 2.24) is 0 Å². The summed E-state index contributed by atoms with van der Waals surface area (Å²) in [5, 5.41) is 0.639. The Morgan fingerprint density at radius 2 is 1.90 bits per heavy atom. The smallest absolute Gasteiger partial charge is 0.174 e. The van der Waals surface area contributed by atoms with E-state index in [1.807, 2.05) is 0 Å². The van der Waals surface area contributed by atoms with Crippen LogP contribution in [0.5, 0.6) is 0 Å². The highest BCUT2D eigenvalue weighted by Gasteiger charge is 2.25. The third-order valence-corrected chi connectivity index (χ3v) is 3.55. The lowest BCUT2D eigenvalue weighted by atomic mass is 10.2. The van der Waals surface area contributed by atoms with Crippen LogP contribution in [0, 0.1) is 0 Å². The van der Waals surface area contributed by atoms with Crippen molar-refractivity contribution in [1.29, 1.82) is 0 Å². The third-order valence-electron chi connectivity index (χ3n) is 1.24. The van der Waals surface area contributed by atoms with Gasteiger partial charge in [0.15, 0.2) is 14.8 Å². The predicted octanol–water partition coefficient (Wildman–Crippen LogP) is 0.889. The molecule has 0 rings (SSSR count). The first kappa shape index (κ1) is 10.1. The van der Waals surface area contributed by atoms with Gasteiger partial charge in [0, 0.05) is 12.1 Å². The summed E-state index contributed by atoms with van der Waals surface area (Å²) in [5.74, 6) is 0. The van der Waals surface area contributed by atoms with Gasteiger partial charge in [-0.3, -0.25) is 0 Å². The van der Waals surface area contributed by atoms with Gasteiger partial charge >= 0.3 is 0 Å². The summed E-state index contributed by atoms with van der Waals surface area (Å²) in [4.78, 5) is 0. The molecule has 0 radical (unpaired) electrons. The molecule has 0 aliphatic heterocycles. The van der Waals surface area contributed by atoms with E-state index in [1.165, 1.54) is 0 Å². The van der Waals surface area contributed by atoms with Crippen molar-refractivity contribution in [3.05, 3.63) is 0 Å². The molecule has 4 heteroatoms. The second-order valence-corrected chi connectivity index (χ2v) is 5.81. The summed E-state index contributed by atoms with van der Waals surface area (Å²) in [6, 6.07) is 0. The van der Waals surface area contributed by atoms with Crippen molar-refractivity contribution in [2.24, 2.45) is 0 Å². The molecule has 0 aromatic rings. The van der Waals surface area contributed by atoms with Crippen molar-refractivity contribution < 1.29 is 9.16 Å². The normalized spacial score (nSPS) is 12.4. The Hall–Kier alpha value is 0.0669. The van der Waals surface area contributed by atoms with Crippen molar-refractivity contribution >= 4 is 27.0 Å². The van der Waals surface area contributed by atoms with Crippen molar-refractivity contribution in [2.75, 3.05) is 14.2 Å². The lowest BCUT2D eigenvalue weighted by Gasteiger charge is -2.21. The number of hydrogen-bond donors (Lipinski definition) is 0. The first-order valence-corrected chi connectivity index (χ1v) is 4.81. The fourth-order valence-electron chi connectivity index (χ4n) is 0.696. The predicted molar refractivity (Wildman–Crippen MR) is 49.2 cm³/mol. The van der Waals surface area contributed by atoms with Crippen LogP contribution in [0.25, 0.3) is 0 Å². The highest BCUT2D eigenvalue weighted by Crippen LogP contribution is 2.25. The second-order valence-electron chi connectivity index (χ2n) is 2.81. The van der Waals surface area contributed by atoms with Gasteiger partial charge in [0.1, 0.15) is 0 Å². The fraction of sp³-hybridized carbons (Fsp3) is 0.833. The van der Waals surface area contributed by atoms with Crippen LogP contribution in [0.1, 0.15) is 13.8 Å². The van der Waals surface area contributed by atoms with Gasteiger partial charge in [-0.15, -0.1) is 0 Å². The molecule has 0 aliphatic carbocycles. The van der Waals surface area contributed by atoms with Crippen LogP contribution >= 0.6 is 12.2 Å². The zero-order valence-electron chi connectivity index (χ0n) is 6.93. The zero-order chi connectivity index (χ0) is 8.20. The summed E-state index contributed by atoms with van der Waals surface area (Å²) in [6.45, 7) is 4.10. The monoisotopic (exact) mass is 178 g/mol. The van der Waals surface area contributed by atoms with Crippen molar-refractivity contribution in [2.45, 2.75) is 18.9 Å². The van der Waals surface area contributed by atoms with Gasteiger partial charge in [-0.25, -0.2) is 0 Å². The molecule has 0 aromatic heterocycles. The van der Waals surface area contributed by atoms with Gasteiger partial charge < -0.3 is 9.16 Å². The van der Waals surface area contributed by atoms with Crippen molar-refractivity contribution in [3.63, 3.8) is 0 Å². The van der Waals surface area contributed by atoms with E-state index >= 15 is 0 Å². The molecule has 0 aromatic carbocycles. The maximum absolute atomic E-state index is 5.10. The molecule has 0 unspecified atom stereocenters. The van der Waals surface area contributed by atoms with Crippen LogP contribution in [0.4, 0.5) is 0 Å². The summed E-state index contributed by atoms with van der Waals surface area (Å²) in [7, 11) is 2.74. The first-order valence-electron chi connectivity index (χ1n) is 3.12. The van der Waals surface area contributed by atoms with E-state index < -0.39 is 9.76 Å². The van der Waals surface area contributed by atoms with E-state index in [2.05, 4.69) is 13.8 Å². The zero-order valence-corrected chi connectivity index (χ0v) is 9.16. The van der Waals surface area contributed by atoms with E-state index in [0.29, 0.717) is 5.05 Å². The van der Waals surface area contributed by atoms with Gasteiger partial charge in [0.25, 0.3) is 0 Å². The Morgan fingerprint density at radius 1 is 1.40 bits per heavy atom. The minimum atomic E-state index is -0.575. The molecule has 0 aliphatic rings. The Morgan fingerprint density at radius 3 is 2.20 bits per heavy atom. The summed E-state index contributed by atoms with van der Waals surface area (Å²) < 4.78 is 10.1. The molecule has 0 heterocycles. The number of ether oxygens (including phenoxy) is 1. The van der Waals surface area contributed by atoms with E-state index in [1.54, 1.807) is 14.2 Å². The molecule has 0 saturated heterocycles. The average Bonchev–Trinajstić information content (AvgIpc) is 1.86. The maximum Gasteiger partial charge on any atom is 0.174 e. The number of hydrogen-bond acceptors (Lipinski definition) is 3. The molecule has 2 nitrogen and oxygen atoms in total. The molecule has 0 saturated carbocycles. The van der Waals surface area contributed by atoms with Gasteiger partial charge in [-0.05, 0) is 12.2 Å². The Bertz CT molecular complexity index is 125. The largest absolute Gasteiger partial charge is 0.490 e. The molecule has 0 amide bonds. The molecular weight excluding hydrogens is 164 g/mol. The molecule has 0 spiro atoms. The molecule has 0 bridgehead atoms. The van der Waals surface area contributed by atoms with Gasteiger partial charge in [0.2, 0.25) is 0 Å². The lowest BCUT2D eigenvalue weighted by Crippen LogP contribution is -2.24. The van der Waals surface area contributed by atoms with Crippen LogP contribution in [-0.2, 0) is 9.16 Å². The number of methoxy groups -OCH3 is 1. The van der Waals surface area contributed by atoms with E-state index in [9.17, 15) is 0 Å². The van der Waals surface area contributed by atoms with Crippen LogP contribution in [0.15, 0.2) is 0 Å². The fourth-order valence-corrected chi connectivity index (χ4v) is 1.86. The average molecular weight is 178 g/mol. The highest BCUT2D eigenvalue weighted by atomic mass is 32.1. The summed E-state index contributed by atoms with van der Waals surface area (Å²) in [6.07, 6.45) is 0. The quantitative estimate of drug-likeness (QED) is 0.472. The summed E-state index contributed by atoms with van der Waals surface area (Å²) in [5.41, 5.74) is 0. The first-order chi connectivity index (χ1) is 4.54. The number of rotatable bonds is 3. The van der Waals surface area contributed by atoms with Crippen LogP contribution in [0.3, 0.4) is 0 Å². The minimum absolute atomic E-state index is 0.0150.